The number of rotatable bonds is 6. The number of fused-ring (bicyclic) bond motifs is 2. The average molecular weight is 421 g/mol. The van der Waals surface area contributed by atoms with Crippen LogP contribution < -0.4 is 15.5 Å². The van der Waals surface area contributed by atoms with Crippen LogP contribution in [0.2, 0.25) is 0 Å². The van der Waals surface area contributed by atoms with E-state index in [2.05, 4.69) is 36.7 Å². The zero-order valence-electron chi connectivity index (χ0n) is 16.9. The van der Waals surface area contributed by atoms with Crippen LogP contribution >= 0.6 is 0 Å². The molecule has 2 aromatic heterocycles. The fourth-order valence-corrected chi connectivity index (χ4v) is 4.38. The smallest absolute Gasteiger partial charge is 0.226 e. The summed E-state index contributed by atoms with van der Waals surface area (Å²) in [5.41, 5.74) is 4.31. The number of nitrogens with zero attached hydrogens (tertiary/aromatic N) is 6. The third-order valence-corrected chi connectivity index (χ3v) is 7.05. The van der Waals surface area contributed by atoms with Gasteiger partial charge in [-0.25, -0.2) is 22.7 Å². The first kappa shape index (κ1) is 20.2. The van der Waals surface area contributed by atoms with Gasteiger partial charge < -0.3 is 10.2 Å². The van der Waals surface area contributed by atoms with Gasteiger partial charge in [0.1, 0.15) is 18.0 Å². The molecule has 2 aliphatic rings. The van der Waals surface area contributed by atoms with Crippen LogP contribution in [-0.2, 0) is 42.6 Å². The lowest BCUT2D eigenvalue weighted by atomic mass is 10.1. The quantitative estimate of drug-likeness (QED) is 0.654. The first-order valence-corrected chi connectivity index (χ1v) is 11.5. The summed E-state index contributed by atoms with van der Waals surface area (Å²) < 4.78 is 27.0. The van der Waals surface area contributed by atoms with E-state index in [4.69, 9.17) is 0 Å². The second-order valence-electron chi connectivity index (χ2n) is 7.64. The summed E-state index contributed by atoms with van der Waals surface area (Å²) in [5, 5.41) is 11.0. The number of anilines is 1. The molecule has 0 fully saturated rings. The molecule has 0 amide bonds. The van der Waals surface area contributed by atoms with E-state index in [1.807, 2.05) is 4.68 Å². The van der Waals surface area contributed by atoms with E-state index in [-0.39, 0.29) is 5.88 Å². The lowest BCUT2D eigenvalue weighted by Crippen LogP contribution is -2.32. The highest BCUT2D eigenvalue weighted by atomic mass is 32.2. The summed E-state index contributed by atoms with van der Waals surface area (Å²) in [4.78, 5) is 11.4. The molecule has 4 heterocycles. The van der Waals surface area contributed by atoms with Gasteiger partial charge in [0, 0.05) is 45.8 Å². The van der Waals surface area contributed by atoms with Gasteiger partial charge in [0.05, 0.1) is 23.6 Å². The Morgan fingerprint density at radius 3 is 2.97 bits per heavy atom. The first-order valence-electron chi connectivity index (χ1n) is 9.89. The van der Waals surface area contributed by atoms with Crippen molar-refractivity contribution in [3.8, 4) is 0 Å². The van der Waals surface area contributed by atoms with Gasteiger partial charge in [-0.05, 0) is 25.5 Å². The summed E-state index contributed by atoms with van der Waals surface area (Å²) in [6.07, 6.45) is 3.58. The monoisotopic (exact) mass is 420 g/mol. The molecular weight excluding hydrogens is 392 g/mol. The molecule has 158 valence electrons. The van der Waals surface area contributed by atoms with Crippen LogP contribution in [0.4, 0.5) is 5.82 Å². The minimum absolute atomic E-state index is 0.102. The predicted molar refractivity (Wildman–Crippen MR) is 110 cm³/mol. The van der Waals surface area contributed by atoms with E-state index < -0.39 is 10.0 Å². The van der Waals surface area contributed by atoms with Crippen molar-refractivity contribution in [2.24, 2.45) is 0 Å². The Morgan fingerprint density at radius 1 is 1.28 bits per heavy atom. The predicted octanol–water partition coefficient (Wildman–Crippen LogP) is -0.332. The Morgan fingerprint density at radius 2 is 2.14 bits per heavy atom. The minimum Gasteiger partial charge on any atom is -0.350 e. The summed E-state index contributed by atoms with van der Waals surface area (Å²) in [5.74, 6) is 0.929. The van der Waals surface area contributed by atoms with Crippen molar-refractivity contribution >= 4 is 15.8 Å². The summed E-state index contributed by atoms with van der Waals surface area (Å²) in [6, 6.07) is 2.06. The maximum absolute atomic E-state index is 11.9. The van der Waals surface area contributed by atoms with E-state index in [0.717, 1.165) is 68.5 Å². The Kier molecular flexibility index (Phi) is 5.81. The first-order chi connectivity index (χ1) is 13.9. The lowest BCUT2D eigenvalue weighted by Gasteiger charge is -2.26. The van der Waals surface area contributed by atoms with Crippen molar-refractivity contribution in [3.05, 3.63) is 35.0 Å². The van der Waals surface area contributed by atoms with Gasteiger partial charge in [-0.1, -0.05) is 0 Å². The lowest BCUT2D eigenvalue weighted by molar-refractivity contribution is 0.512. The van der Waals surface area contributed by atoms with Crippen LogP contribution in [0.1, 0.15) is 29.1 Å². The molecule has 0 spiro atoms. The summed E-state index contributed by atoms with van der Waals surface area (Å²) >= 11 is 0. The number of hydrogen-bond acceptors (Lipinski definition) is 8. The molecule has 0 atom stereocenters. The highest BCUT2D eigenvalue weighted by molar-refractivity contribution is 7.89. The topological polar surface area (TPSA) is 108 Å². The van der Waals surface area contributed by atoms with Gasteiger partial charge in [0.15, 0.2) is 0 Å². The van der Waals surface area contributed by atoms with Gasteiger partial charge in [-0.2, -0.15) is 5.10 Å². The van der Waals surface area contributed by atoms with Crippen LogP contribution in [0, 0.1) is 0 Å². The molecule has 2 aromatic rings. The van der Waals surface area contributed by atoms with E-state index in [0.29, 0.717) is 6.54 Å². The van der Waals surface area contributed by atoms with Crippen LogP contribution in [0.15, 0.2) is 12.4 Å². The second kappa shape index (κ2) is 8.34. The Labute approximate surface area is 171 Å². The average Bonchev–Trinajstić information content (AvgIpc) is 2.97. The molecule has 0 aromatic carbocycles. The zero-order valence-corrected chi connectivity index (χ0v) is 17.7. The molecule has 29 heavy (non-hydrogen) atoms. The van der Waals surface area contributed by atoms with Crippen molar-refractivity contribution in [3.63, 3.8) is 0 Å². The highest BCUT2D eigenvalue weighted by Crippen LogP contribution is 2.26. The number of aryl methyl sites for hydroxylation is 1. The van der Waals surface area contributed by atoms with Crippen molar-refractivity contribution in [2.75, 3.05) is 38.0 Å². The third kappa shape index (κ3) is 4.42. The molecule has 0 radical (unpaired) electrons. The fourth-order valence-electron chi connectivity index (χ4n) is 3.77. The molecule has 4 rings (SSSR count). The molecule has 0 aliphatic carbocycles. The van der Waals surface area contributed by atoms with Gasteiger partial charge >= 0.3 is 0 Å². The van der Waals surface area contributed by atoms with Crippen molar-refractivity contribution in [2.45, 2.75) is 39.0 Å². The van der Waals surface area contributed by atoms with Crippen LogP contribution in [0.5, 0.6) is 0 Å². The molecule has 0 saturated heterocycles. The molecule has 0 bridgehead atoms. The van der Waals surface area contributed by atoms with Crippen LogP contribution in [-0.4, -0.2) is 65.5 Å². The van der Waals surface area contributed by atoms with E-state index in [1.165, 1.54) is 24.0 Å². The maximum Gasteiger partial charge on any atom is 0.226 e. The SMILES string of the molecule is CN(C)S(=O)(=O)CNCc1cc2n(n1)CCCN(c1ncnc3c1CCNC3)C2. The third-order valence-electron chi connectivity index (χ3n) is 5.37. The second-order valence-corrected chi connectivity index (χ2v) is 9.82. The Hall–Kier alpha value is -2.08. The summed E-state index contributed by atoms with van der Waals surface area (Å²) in [7, 11) is -0.202. The Balaban J connectivity index is 1.47. The minimum atomic E-state index is -3.27. The number of hydrogen-bond donors (Lipinski definition) is 2. The van der Waals surface area contributed by atoms with Gasteiger partial charge in [0.2, 0.25) is 10.0 Å². The molecule has 10 nitrogen and oxygen atoms in total. The van der Waals surface area contributed by atoms with Crippen molar-refractivity contribution in [1.29, 1.82) is 0 Å². The Bertz CT molecular complexity index is 972. The number of nitrogens with one attached hydrogen (secondary N) is 2. The number of aromatic nitrogens is 4. The van der Waals surface area contributed by atoms with Gasteiger partial charge in [-0.3, -0.25) is 10.00 Å². The molecule has 0 saturated carbocycles. The maximum atomic E-state index is 11.9. The van der Waals surface area contributed by atoms with Crippen molar-refractivity contribution in [1.82, 2.24) is 34.7 Å². The normalized spacial score (nSPS) is 17.1. The van der Waals surface area contributed by atoms with E-state index in [9.17, 15) is 8.42 Å². The largest absolute Gasteiger partial charge is 0.350 e. The van der Waals surface area contributed by atoms with Gasteiger partial charge in [0.25, 0.3) is 0 Å². The molecule has 2 aliphatic heterocycles. The van der Waals surface area contributed by atoms with Crippen LogP contribution in [0.25, 0.3) is 0 Å². The molecule has 0 unspecified atom stereocenters. The molecule has 11 heteroatoms. The van der Waals surface area contributed by atoms with E-state index in [1.54, 1.807) is 6.33 Å². The zero-order chi connectivity index (χ0) is 20.4. The fraction of sp³-hybridized carbons (Fsp3) is 0.611. The number of sulfonamides is 1. The molecular formula is C18H28N8O2S. The standard InChI is InChI=1S/C18H28N8O2S/c1-24(2)29(27,28)13-20-9-14-8-15-11-25(6-3-7-26(15)23-14)18-16-4-5-19-10-17(16)21-12-22-18/h8,12,19-20H,3-7,9-11,13H2,1-2H3. The van der Waals surface area contributed by atoms with Crippen molar-refractivity contribution < 1.29 is 8.42 Å². The molecule has 2 N–H and O–H groups in total. The van der Waals surface area contributed by atoms with Crippen LogP contribution in [0.3, 0.4) is 0 Å². The summed E-state index contributed by atoms with van der Waals surface area (Å²) in [6.45, 7) is 4.67. The van der Waals surface area contributed by atoms with Gasteiger partial charge in [-0.15, -0.1) is 0 Å². The van der Waals surface area contributed by atoms with E-state index >= 15 is 0 Å². The highest BCUT2D eigenvalue weighted by Gasteiger charge is 2.23.